The van der Waals surface area contributed by atoms with Crippen LogP contribution in [-0.4, -0.2) is 58.6 Å². The van der Waals surface area contributed by atoms with Crippen LogP contribution in [0, 0.1) is 0 Å². The van der Waals surface area contributed by atoms with Crippen LogP contribution in [0.5, 0.6) is 0 Å². The van der Waals surface area contributed by atoms with Crippen molar-refractivity contribution in [2.24, 2.45) is 7.05 Å². The largest absolute Gasteiger partial charge is 0.295 e. The number of hydrogen-bond donors (Lipinski definition) is 0. The van der Waals surface area contributed by atoms with Crippen molar-refractivity contribution in [2.75, 3.05) is 26.2 Å². The first-order chi connectivity index (χ1) is 11.0. The number of aryl methyl sites for hydroxylation is 2. The van der Waals surface area contributed by atoms with Crippen molar-refractivity contribution < 1.29 is 8.42 Å². The van der Waals surface area contributed by atoms with E-state index in [-0.39, 0.29) is 4.90 Å². The van der Waals surface area contributed by atoms with Gasteiger partial charge in [0.2, 0.25) is 10.0 Å². The van der Waals surface area contributed by atoms with Crippen LogP contribution in [0.4, 0.5) is 0 Å². The quantitative estimate of drug-likeness (QED) is 0.798. The first kappa shape index (κ1) is 16.6. The van der Waals surface area contributed by atoms with Crippen molar-refractivity contribution in [1.82, 2.24) is 24.0 Å². The van der Waals surface area contributed by atoms with Crippen molar-refractivity contribution in [3.05, 3.63) is 28.5 Å². The lowest BCUT2D eigenvalue weighted by Crippen LogP contribution is -2.48. The lowest BCUT2D eigenvalue weighted by atomic mass is 10.3. The number of aromatic nitrogens is 3. The Balaban J connectivity index is 1.59. The number of thiazole rings is 1. The molecule has 0 atom stereocenters. The molecule has 0 radical (unpaired) electrons. The molecule has 1 saturated heterocycles. The maximum Gasteiger partial charge on any atom is 0.246 e. The van der Waals surface area contributed by atoms with Crippen LogP contribution >= 0.6 is 11.3 Å². The van der Waals surface area contributed by atoms with E-state index in [4.69, 9.17) is 0 Å². The number of nitrogens with zero attached hydrogens (tertiary/aromatic N) is 5. The number of rotatable bonds is 5. The zero-order chi connectivity index (χ0) is 16.4. The standard InChI is InChI=1S/C14H21N5O2S2/c1-3-14-16-12(11-22-14)9-18-4-6-19(7-5-18)23(20,21)13-8-15-17(2)10-13/h8,10-11H,3-7,9H2,1-2H3. The molecule has 3 heterocycles. The van der Waals surface area contributed by atoms with E-state index in [1.165, 1.54) is 10.9 Å². The minimum Gasteiger partial charge on any atom is -0.295 e. The van der Waals surface area contributed by atoms with E-state index >= 15 is 0 Å². The molecule has 126 valence electrons. The summed E-state index contributed by atoms with van der Waals surface area (Å²) < 4.78 is 28.2. The molecule has 1 aliphatic heterocycles. The van der Waals surface area contributed by atoms with E-state index in [2.05, 4.69) is 27.3 Å². The Morgan fingerprint density at radius 2 is 2.00 bits per heavy atom. The molecule has 9 heteroatoms. The van der Waals surface area contributed by atoms with Crippen molar-refractivity contribution in [2.45, 2.75) is 24.8 Å². The molecule has 0 saturated carbocycles. The van der Waals surface area contributed by atoms with Gasteiger partial charge in [0.1, 0.15) is 4.90 Å². The second kappa shape index (κ2) is 6.68. The highest BCUT2D eigenvalue weighted by molar-refractivity contribution is 7.89. The lowest BCUT2D eigenvalue weighted by Gasteiger charge is -2.33. The molecule has 7 nitrogen and oxygen atoms in total. The van der Waals surface area contributed by atoms with Gasteiger partial charge in [0.05, 0.1) is 16.9 Å². The highest BCUT2D eigenvalue weighted by Gasteiger charge is 2.29. The Bertz CT molecular complexity index is 760. The van der Waals surface area contributed by atoms with Gasteiger partial charge in [0, 0.05) is 51.3 Å². The third-order valence-electron chi connectivity index (χ3n) is 3.94. The smallest absolute Gasteiger partial charge is 0.246 e. The second-order valence-corrected chi connectivity index (χ2v) is 8.50. The fourth-order valence-corrected chi connectivity index (χ4v) is 4.77. The maximum atomic E-state index is 12.6. The maximum absolute atomic E-state index is 12.6. The summed E-state index contributed by atoms with van der Waals surface area (Å²) in [4.78, 5) is 7.09. The van der Waals surface area contributed by atoms with E-state index in [1.807, 2.05) is 0 Å². The molecular formula is C14H21N5O2S2. The Morgan fingerprint density at radius 3 is 2.57 bits per heavy atom. The van der Waals surface area contributed by atoms with Crippen LogP contribution < -0.4 is 0 Å². The molecule has 3 rings (SSSR count). The van der Waals surface area contributed by atoms with Crippen LogP contribution in [0.1, 0.15) is 17.6 Å². The molecule has 0 unspecified atom stereocenters. The Labute approximate surface area is 140 Å². The summed E-state index contributed by atoms with van der Waals surface area (Å²) in [5, 5.41) is 7.20. The molecule has 23 heavy (non-hydrogen) atoms. The Kier molecular flexibility index (Phi) is 4.81. The van der Waals surface area contributed by atoms with Gasteiger partial charge in [-0.1, -0.05) is 6.92 Å². The van der Waals surface area contributed by atoms with Gasteiger partial charge in [-0.05, 0) is 6.42 Å². The average Bonchev–Trinajstić information content (AvgIpc) is 3.17. The summed E-state index contributed by atoms with van der Waals surface area (Å²) in [6, 6.07) is 0. The van der Waals surface area contributed by atoms with E-state index in [0.29, 0.717) is 13.1 Å². The monoisotopic (exact) mass is 355 g/mol. The molecule has 0 aromatic carbocycles. The van der Waals surface area contributed by atoms with Crippen LogP contribution in [0.2, 0.25) is 0 Å². The van der Waals surface area contributed by atoms with Gasteiger partial charge in [-0.15, -0.1) is 11.3 Å². The normalized spacial score (nSPS) is 17.7. The predicted molar refractivity (Wildman–Crippen MR) is 88.7 cm³/mol. The fourth-order valence-electron chi connectivity index (χ4n) is 2.62. The summed E-state index contributed by atoms with van der Waals surface area (Å²) in [6.07, 6.45) is 3.91. The van der Waals surface area contributed by atoms with Gasteiger partial charge in [-0.25, -0.2) is 13.4 Å². The molecule has 0 aliphatic carbocycles. The van der Waals surface area contributed by atoms with E-state index in [0.717, 1.165) is 36.8 Å². The number of hydrogen-bond acceptors (Lipinski definition) is 6. The average molecular weight is 355 g/mol. The van der Waals surface area contributed by atoms with Gasteiger partial charge in [0.15, 0.2) is 0 Å². The van der Waals surface area contributed by atoms with Crippen LogP contribution in [-0.2, 0) is 30.0 Å². The van der Waals surface area contributed by atoms with Gasteiger partial charge in [-0.3, -0.25) is 9.58 Å². The molecule has 0 bridgehead atoms. The van der Waals surface area contributed by atoms with Crippen molar-refractivity contribution >= 4 is 21.4 Å². The molecule has 0 N–H and O–H groups in total. The highest BCUT2D eigenvalue weighted by atomic mass is 32.2. The molecule has 0 spiro atoms. The summed E-state index contributed by atoms with van der Waals surface area (Å²) >= 11 is 1.69. The van der Waals surface area contributed by atoms with Gasteiger partial charge >= 0.3 is 0 Å². The first-order valence-electron chi connectivity index (χ1n) is 7.63. The van der Waals surface area contributed by atoms with Crippen LogP contribution in [0.3, 0.4) is 0 Å². The summed E-state index contributed by atoms with van der Waals surface area (Å²) in [5.74, 6) is 0. The highest BCUT2D eigenvalue weighted by Crippen LogP contribution is 2.18. The Hall–Kier alpha value is -1.29. The summed E-state index contributed by atoms with van der Waals surface area (Å²) in [7, 11) is -1.71. The first-order valence-corrected chi connectivity index (χ1v) is 9.95. The van der Waals surface area contributed by atoms with Crippen molar-refractivity contribution in [3.8, 4) is 0 Å². The topological polar surface area (TPSA) is 71.3 Å². The molecule has 1 aliphatic rings. The number of sulfonamides is 1. The third-order valence-corrected chi connectivity index (χ3v) is 6.83. The van der Waals surface area contributed by atoms with E-state index in [9.17, 15) is 8.42 Å². The number of piperazine rings is 1. The Morgan fingerprint density at radius 1 is 1.26 bits per heavy atom. The summed E-state index contributed by atoms with van der Waals surface area (Å²) in [6.45, 7) is 5.34. The molecular weight excluding hydrogens is 334 g/mol. The van der Waals surface area contributed by atoms with E-state index in [1.54, 1.807) is 28.9 Å². The van der Waals surface area contributed by atoms with Crippen molar-refractivity contribution in [1.29, 1.82) is 0 Å². The predicted octanol–water partition coefficient (Wildman–Crippen LogP) is 0.945. The molecule has 0 amide bonds. The van der Waals surface area contributed by atoms with Crippen LogP contribution in [0.15, 0.2) is 22.7 Å². The summed E-state index contributed by atoms with van der Waals surface area (Å²) in [5.41, 5.74) is 1.08. The second-order valence-electron chi connectivity index (χ2n) is 5.62. The lowest BCUT2D eigenvalue weighted by molar-refractivity contribution is 0.180. The van der Waals surface area contributed by atoms with Gasteiger partial charge in [0.25, 0.3) is 0 Å². The SMILES string of the molecule is CCc1nc(CN2CCN(S(=O)(=O)c3cnn(C)c3)CC2)cs1. The molecule has 2 aromatic heterocycles. The van der Waals surface area contributed by atoms with E-state index < -0.39 is 10.0 Å². The minimum absolute atomic E-state index is 0.264. The third kappa shape index (κ3) is 3.63. The molecule has 2 aromatic rings. The zero-order valence-electron chi connectivity index (χ0n) is 13.3. The van der Waals surface area contributed by atoms with Crippen LogP contribution in [0.25, 0.3) is 0 Å². The van der Waals surface area contributed by atoms with Crippen molar-refractivity contribution in [3.63, 3.8) is 0 Å². The zero-order valence-corrected chi connectivity index (χ0v) is 15.0. The molecule has 1 fully saturated rings. The van der Waals surface area contributed by atoms with Gasteiger partial charge < -0.3 is 0 Å². The minimum atomic E-state index is -3.43. The van der Waals surface area contributed by atoms with Gasteiger partial charge in [-0.2, -0.15) is 9.40 Å². The fraction of sp³-hybridized carbons (Fsp3) is 0.571.